The number of rotatable bonds is 4. The Kier molecular flexibility index (Phi) is 4.15. The van der Waals surface area contributed by atoms with E-state index in [0.717, 1.165) is 12.3 Å². The number of hydrogen-bond acceptors (Lipinski definition) is 4. The first-order valence-corrected chi connectivity index (χ1v) is 6.86. The van der Waals surface area contributed by atoms with Crippen LogP contribution in [0.15, 0.2) is 48.8 Å². The molecular formula is C15H11F4N5. The maximum Gasteiger partial charge on any atom is 0.433 e. The fourth-order valence-corrected chi connectivity index (χ4v) is 1.99. The van der Waals surface area contributed by atoms with Crippen molar-refractivity contribution in [3.05, 3.63) is 66.0 Å². The highest BCUT2D eigenvalue weighted by molar-refractivity contribution is 5.44. The average molecular weight is 337 g/mol. The van der Waals surface area contributed by atoms with Gasteiger partial charge in [0.05, 0.1) is 18.4 Å². The number of anilines is 1. The van der Waals surface area contributed by atoms with Gasteiger partial charge in [0.2, 0.25) is 0 Å². The number of halogens is 4. The van der Waals surface area contributed by atoms with E-state index in [2.05, 4.69) is 20.6 Å². The van der Waals surface area contributed by atoms with Gasteiger partial charge in [0, 0.05) is 11.9 Å². The van der Waals surface area contributed by atoms with Gasteiger partial charge < -0.3 is 5.32 Å². The lowest BCUT2D eigenvalue weighted by Crippen LogP contribution is -2.09. The zero-order valence-electron chi connectivity index (χ0n) is 12.1. The summed E-state index contributed by atoms with van der Waals surface area (Å²) in [7, 11) is 0. The van der Waals surface area contributed by atoms with Gasteiger partial charge >= 0.3 is 6.18 Å². The number of pyridine rings is 1. The SMILES string of the molecule is Fc1ccc(-n2cc(CNc3ccnc(C(F)(F)F)c3)nn2)cc1. The molecule has 1 N–H and O–H groups in total. The Morgan fingerprint density at radius 2 is 1.83 bits per heavy atom. The van der Waals surface area contributed by atoms with Gasteiger partial charge in [-0.1, -0.05) is 5.21 Å². The van der Waals surface area contributed by atoms with Crippen LogP contribution < -0.4 is 5.32 Å². The van der Waals surface area contributed by atoms with Crippen molar-refractivity contribution >= 4 is 5.69 Å². The monoisotopic (exact) mass is 337 g/mol. The molecule has 0 aliphatic rings. The molecule has 0 unspecified atom stereocenters. The van der Waals surface area contributed by atoms with Crippen LogP contribution in [0.1, 0.15) is 11.4 Å². The van der Waals surface area contributed by atoms with Gasteiger partial charge in [0.15, 0.2) is 0 Å². The van der Waals surface area contributed by atoms with Gasteiger partial charge in [-0.2, -0.15) is 13.2 Å². The third-order valence-corrected chi connectivity index (χ3v) is 3.16. The molecule has 1 aromatic carbocycles. The Bertz CT molecular complexity index is 826. The topological polar surface area (TPSA) is 55.6 Å². The van der Waals surface area contributed by atoms with E-state index in [4.69, 9.17) is 0 Å². The highest BCUT2D eigenvalue weighted by Crippen LogP contribution is 2.28. The van der Waals surface area contributed by atoms with E-state index in [1.807, 2.05) is 0 Å². The molecule has 0 saturated heterocycles. The van der Waals surface area contributed by atoms with E-state index in [1.165, 1.54) is 22.9 Å². The molecule has 2 heterocycles. The summed E-state index contributed by atoms with van der Waals surface area (Å²) in [5.74, 6) is -0.362. The first-order valence-electron chi connectivity index (χ1n) is 6.86. The highest BCUT2D eigenvalue weighted by atomic mass is 19.4. The minimum absolute atomic E-state index is 0.183. The van der Waals surface area contributed by atoms with Gasteiger partial charge in [-0.15, -0.1) is 5.10 Å². The van der Waals surface area contributed by atoms with Crippen LogP contribution in [0.3, 0.4) is 0 Å². The van der Waals surface area contributed by atoms with E-state index in [9.17, 15) is 17.6 Å². The molecule has 0 fully saturated rings. The number of aromatic nitrogens is 4. The quantitative estimate of drug-likeness (QED) is 0.741. The molecule has 5 nitrogen and oxygen atoms in total. The minimum Gasteiger partial charge on any atom is -0.379 e. The van der Waals surface area contributed by atoms with Crippen LogP contribution in [-0.4, -0.2) is 20.0 Å². The van der Waals surface area contributed by atoms with Gasteiger partial charge in [0.1, 0.15) is 17.2 Å². The summed E-state index contributed by atoms with van der Waals surface area (Å²) in [5.41, 5.74) is 0.444. The summed E-state index contributed by atoms with van der Waals surface area (Å²) in [4.78, 5) is 3.29. The summed E-state index contributed by atoms with van der Waals surface area (Å²) in [6.07, 6.45) is -1.81. The lowest BCUT2D eigenvalue weighted by molar-refractivity contribution is -0.141. The van der Waals surface area contributed by atoms with Crippen molar-refractivity contribution in [2.45, 2.75) is 12.7 Å². The summed E-state index contributed by atoms with van der Waals surface area (Å²) in [6.45, 7) is 0.183. The van der Waals surface area contributed by atoms with Crippen molar-refractivity contribution in [1.29, 1.82) is 0 Å². The molecule has 0 spiro atoms. The number of alkyl halides is 3. The normalized spacial score (nSPS) is 11.5. The van der Waals surface area contributed by atoms with Crippen molar-refractivity contribution in [2.24, 2.45) is 0 Å². The van der Waals surface area contributed by atoms with Crippen LogP contribution >= 0.6 is 0 Å². The smallest absolute Gasteiger partial charge is 0.379 e. The molecule has 0 amide bonds. The predicted molar refractivity (Wildman–Crippen MR) is 77.9 cm³/mol. The fraction of sp³-hybridized carbons (Fsp3) is 0.133. The van der Waals surface area contributed by atoms with E-state index in [1.54, 1.807) is 18.3 Å². The maximum absolute atomic E-state index is 12.9. The molecule has 0 radical (unpaired) electrons. The molecule has 3 aromatic rings. The number of benzene rings is 1. The molecule has 2 aromatic heterocycles. The summed E-state index contributed by atoms with van der Waals surface area (Å²) in [5, 5.41) is 10.6. The molecule has 24 heavy (non-hydrogen) atoms. The van der Waals surface area contributed by atoms with Crippen LogP contribution in [-0.2, 0) is 12.7 Å². The van der Waals surface area contributed by atoms with Crippen LogP contribution in [0.4, 0.5) is 23.2 Å². The lowest BCUT2D eigenvalue weighted by Gasteiger charge is -2.08. The minimum atomic E-state index is -4.50. The average Bonchev–Trinajstić information content (AvgIpc) is 3.02. The van der Waals surface area contributed by atoms with Crippen molar-refractivity contribution in [1.82, 2.24) is 20.0 Å². The van der Waals surface area contributed by atoms with Gasteiger partial charge in [-0.05, 0) is 36.4 Å². The molecule has 9 heteroatoms. The van der Waals surface area contributed by atoms with Crippen molar-refractivity contribution in [3.63, 3.8) is 0 Å². The molecule has 0 aliphatic heterocycles. The second-order valence-electron chi connectivity index (χ2n) is 4.91. The third-order valence-electron chi connectivity index (χ3n) is 3.16. The largest absolute Gasteiger partial charge is 0.433 e. The van der Waals surface area contributed by atoms with Crippen LogP contribution in [0.2, 0.25) is 0 Å². The first-order chi connectivity index (χ1) is 11.4. The Morgan fingerprint density at radius 3 is 2.54 bits per heavy atom. The molecule has 0 atom stereocenters. The number of nitrogens with zero attached hydrogens (tertiary/aromatic N) is 4. The zero-order valence-corrected chi connectivity index (χ0v) is 12.1. The number of nitrogens with one attached hydrogen (secondary N) is 1. The molecular weight excluding hydrogens is 326 g/mol. The molecule has 0 saturated carbocycles. The number of hydrogen-bond donors (Lipinski definition) is 1. The summed E-state index contributed by atoms with van der Waals surface area (Å²) in [6, 6.07) is 8.03. The molecule has 124 valence electrons. The maximum atomic E-state index is 12.9. The Morgan fingerprint density at radius 1 is 1.08 bits per heavy atom. The van der Waals surface area contributed by atoms with E-state index in [0.29, 0.717) is 11.4 Å². The van der Waals surface area contributed by atoms with Gasteiger partial charge in [0.25, 0.3) is 0 Å². The zero-order chi connectivity index (χ0) is 17.2. The second kappa shape index (κ2) is 6.26. The molecule has 3 rings (SSSR count). The van der Waals surface area contributed by atoms with E-state index >= 15 is 0 Å². The molecule has 0 aliphatic carbocycles. The van der Waals surface area contributed by atoms with Crippen LogP contribution in [0, 0.1) is 5.82 Å². The Balaban J connectivity index is 1.69. The van der Waals surface area contributed by atoms with Crippen LogP contribution in [0.25, 0.3) is 5.69 Å². The second-order valence-corrected chi connectivity index (χ2v) is 4.91. The fourth-order valence-electron chi connectivity index (χ4n) is 1.99. The Hall–Kier alpha value is -2.97. The highest BCUT2D eigenvalue weighted by Gasteiger charge is 2.32. The van der Waals surface area contributed by atoms with Gasteiger partial charge in [-0.3, -0.25) is 4.98 Å². The third kappa shape index (κ3) is 3.67. The molecule has 0 bridgehead atoms. The predicted octanol–water partition coefficient (Wildman–Crippen LogP) is 3.43. The first kappa shape index (κ1) is 15.9. The van der Waals surface area contributed by atoms with Crippen LogP contribution in [0.5, 0.6) is 0 Å². The lowest BCUT2D eigenvalue weighted by atomic mass is 10.3. The van der Waals surface area contributed by atoms with E-state index in [-0.39, 0.29) is 18.0 Å². The Labute approximate surface area is 134 Å². The standard InChI is InChI=1S/C15H11F4N5/c16-10-1-3-13(4-2-10)24-9-12(22-23-24)8-21-11-5-6-20-14(7-11)15(17,18)19/h1-7,9H,8H2,(H,20,21). The van der Waals surface area contributed by atoms with Gasteiger partial charge in [-0.25, -0.2) is 9.07 Å². The van der Waals surface area contributed by atoms with E-state index < -0.39 is 11.9 Å². The van der Waals surface area contributed by atoms with Crippen molar-refractivity contribution in [3.8, 4) is 5.69 Å². The van der Waals surface area contributed by atoms with Crippen molar-refractivity contribution in [2.75, 3.05) is 5.32 Å². The van der Waals surface area contributed by atoms with Crippen molar-refractivity contribution < 1.29 is 17.6 Å². The summed E-state index contributed by atoms with van der Waals surface area (Å²) >= 11 is 0. The summed E-state index contributed by atoms with van der Waals surface area (Å²) < 4.78 is 52.2.